The van der Waals surface area contributed by atoms with Gasteiger partial charge in [0.15, 0.2) is 0 Å². The Hall–Kier alpha value is -0.900. The van der Waals surface area contributed by atoms with Crippen molar-refractivity contribution in [3.8, 4) is 0 Å². The van der Waals surface area contributed by atoms with Gasteiger partial charge in [-0.2, -0.15) is 0 Å². The molecule has 0 spiro atoms. The van der Waals surface area contributed by atoms with Crippen molar-refractivity contribution in [3.63, 3.8) is 0 Å². The minimum atomic E-state index is 0.121. The van der Waals surface area contributed by atoms with Crippen LogP contribution in [0.1, 0.15) is 32.6 Å². The van der Waals surface area contributed by atoms with Crippen LogP contribution in [-0.4, -0.2) is 54.7 Å². The summed E-state index contributed by atoms with van der Waals surface area (Å²) in [6, 6.07) is 0.273. The molecule has 0 saturated carbocycles. The molecule has 4 nitrogen and oxygen atoms in total. The molecule has 16 heavy (non-hydrogen) atoms. The van der Waals surface area contributed by atoms with E-state index in [4.69, 9.17) is 0 Å². The lowest BCUT2D eigenvalue weighted by molar-refractivity contribution is -0.131. The number of likely N-dealkylation sites (N-methyl/N-ethyl adjacent to an activating group) is 1. The Kier molecular flexibility index (Phi) is 4.93. The summed E-state index contributed by atoms with van der Waals surface area (Å²) in [6.45, 7) is 3.02. The molecule has 0 aromatic rings. The van der Waals surface area contributed by atoms with Crippen molar-refractivity contribution in [2.24, 2.45) is 0 Å². The fraction of sp³-hybridized carbons (Fsp3) is 0.833. The van der Waals surface area contributed by atoms with E-state index >= 15 is 0 Å². The van der Waals surface area contributed by atoms with Crippen LogP contribution < -0.4 is 0 Å². The molecular weight excluding hydrogens is 204 g/mol. The highest BCUT2D eigenvalue weighted by Crippen LogP contribution is 2.19. The molecule has 1 aliphatic heterocycles. The Balaban J connectivity index is 2.53. The predicted octanol–water partition coefficient (Wildman–Crippen LogP) is 0.908. The van der Waals surface area contributed by atoms with Gasteiger partial charge in [0.05, 0.1) is 6.54 Å². The van der Waals surface area contributed by atoms with Crippen LogP contribution in [0, 0.1) is 0 Å². The summed E-state index contributed by atoms with van der Waals surface area (Å²) in [7, 11) is 3.54. The predicted molar refractivity (Wildman–Crippen MR) is 63.2 cm³/mol. The maximum absolute atomic E-state index is 11.6. The van der Waals surface area contributed by atoms with Gasteiger partial charge in [-0.15, -0.1) is 0 Å². The molecule has 92 valence electrons. The molecule has 1 rings (SSSR count). The molecule has 0 radical (unpaired) electrons. The van der Waals surface area contributed by atoms with E-state index in [2.05, 4.69) is 4.90 Å². The number of likely N-dealkylation sites (tertiary alicyclic amines) is 1. The monoisotopic (exact) mass is 226 g/mol. The van der Waals surface area contributed by atoms with E-state index in [9.17, 15) is 9.59 Å². The molecular formula is C12H22N2O2. The number of nitrogens with zero attached hydrogens (tertiary/aromatic N) is 2. The van der Waals surface area contributed by atoms with E-state index in [1.54, 1.807) is 25.9 Å². The molecule has 1 saturated heterocycles. The number of piperidine rings is 1. The highest BCUT2D eigenvalue weighted by Gasteiger charge is 2.25. The second-order valence-electron chi connectivity index (χ2n) is 4.81. The van der Waals surface area contributed by atoms with Crippen molar-refractivity contribution in [2.45, 2.75) is 38.6 Å². The molecule has 1 unspecified atom stereocenters. The molecule has 0 bridgehead atoms. The lowest BCUT2D eigenvalue weighted by Gasteiger charge is -2.35. The van der Waals surface area contributed by atoms with Gasteiger partial charge in [-0.3, -0.25) is 14.5 Å². The zero-order chi connectivity index (χ0) is 12.1. The van der Waals surface area contributed by atoms with Crippen LogP contribution in [0.5, 0.6) is 0 Å². The number of carbonyl (C=O) groups excluding carboxylic acids is 2. The summed E-state index contributed by atoms with van der Waals surface area (Å²) in [5, 5.41) is 0. The van der Waals surface area contributed by atoms with Crippen LogP contribution in [0.25, 0.3) is 0 Å². The first-order valence-electron chi connectivity index (χ1n) is 5.94. The average molecular weight is 226 g/mol. The Morgan fingerprint density at radius 2 is 2.00 bits per heavy atom. The molecule has 0 N–H and O–H groups in total. The number of hydrogen-bond donors (Lipinski definition) is 0. The second kappa shape index (κ2) is 5.99. The van der Waals surface area contributed by atoms with Gasteiger partial charge in [0.2, 0.25) is 5.91 Å². The normalized spacial score (nSPS) is 21.8. The Morgan fingerprint density at radius 3 is 2.56 bits per heavy atom. The fourth-order valence-corrected chi connectivity index (χ4v) is 2.15. The molecule has 1 heterocycles. The quantitative estimate of drug-likeness (QED) is 0.715. The standard InChI is InChI=1S/C12H22N2O2/c1-10(15)8-11-6-4-5-7-14(11)9-12(16)13(2)3/h11H,4-9H2,1-3H3. The summed E-state index contributed by atoms with van der Waals surface area (Å²) in [5.74, 6) is 0.338. The number of hydrogen-bond acceptors (Lipinski definition) is 3. The maximum atomic E-state index is 11.6. The van der Waals surface area contributed by atoms with Gasteiger partial charge >= 0.3 is 0 Å². The topological polar surface area (TPSA) is 40.6 Å². The van der Waals surface area contributed by atoms with Crippen molar-refractivity contribution in [2.75, 3.05) is 27.2 Å². The first-order valence-corrected chi connectivity index (χ1v) is 5.94. The van der Waals surface area contributed by atoms with Crippen LogP contribution in [0.2, 0.25) is 0 Å². The van der Waals surface area contributed by atoms with Crippen LogP contribution in [0.15, 0.2) is 0 Å². The Labute approximate surface area is 97.6 Å². The highest BCUT2D eigenvalue weighted by atomic mass is 16.2. The summed E-state index contributed by atoms with van der Waals surface area (Å²) in [6.07, 6.45) is 3.93. The fourth-order valence-electron chi connectivity index (χ4n) is 2.15. The van der Waals surface area contributed by atoms with E-state index in [1.165, 1.54) is 6.42 Å². The molecule has 4 heteroatoms. The van der Waals surface area contributed by atoms with Crippen molar-refractivity contribution in [3.05, 3.63) is 0 Å². The second-order valence-corrected chi connectivity index (χ2v) is 4.81. The third kappa shape index (κ3) is 3.93. The van der Waals surface area contributed by atoms with Gasteiger partial charge in [-0.1, -0.05) is 6.42 Å². The first kappa shape index (κ1) is 13.2. The highest BCUT2D eigenvalue weighted by molar-refractivity contribution is 5.78. The van der Waals surface area contributed by atoms with Gasteiger partial charge in [-0.05, 0) is 26.3 Å². The zero-order valence-electron chi connectivity index (χ0n) is 10.5. The van der Waals surface area contributed by atoms with E-state index in [-0.39, 0.29) is 17.7 Å². The number of Topliss-reactive ketones (excluding diaryl/α,β-unsaturated/α-hetero) is 1. The molecule has 0 aliphatic carbocycles. The van der Waals surface area contributed by atoms with Gasteiger partial charge in [0, 0.05) is 26.6 Å². The lowest BCUT2D eigenvalue weighted by Crippen LogP contribution is -2.45. The SMILES string of the molecule is CC(=O)CC1CCCCN1CC(=O)N(C)C. The largest absolute Gasteiger partial charge is 0.348 e. The number of ketones is 1. The summed E-state index contributed by atoms with van der Waals surface area (Å²) < 4.78 is 0. The number of rotatable bonds is 4. The Bertz CT molecular complexity index is 264. The van der Waals surface area contributed by atoms with Gasteiger partial charge in [0.25, 0.3) is 0 Å². The zero-order valence-corrected chi connectivity index (χ0v) is 10.5. The smallest absolute Gasteiger partial charge is 0.236 e. The van der Waals surface area contributed by atoms with E-state index in [0.717, 1.165) is 19.4 Å². The van der Waals surface area contributed by atoms with Crippen molar-refractivity contribution >= 4 is 11.7 Å². The van der Waals surface area contributed by atoms with Gasteiger partial charge < -0.3 is 4.90 Å². The molecule has 0 aromatic carbocycles. The average Bonchev–Trinajstić information content (AvgIpc) is 2.20. The maximum Gasteiger partial charge on any atom is 0.236 e. The van der Waals surface area contributed by atoms with Gasteiger partial charge in [0.1, 0.15) is 5.78 Å². The van der Waals surface area contributed by atoms with E-state index in [0.29, 0.717) is 13.0 Å². The summed E-state index contributed by atoms with van der Waals surface area (Å²) >= 11 is 0. The van der Waals surface area contributed by atoms with Crippen molar-refractivity contribution in [1.29, 1.82) is 0 Å². The molecule has 1 atom stereocenters. The number of amides is 1. The van der Waals surface area contributed by atoms with E-state index in [1.807, 2.05) is 0 Å². The van der Waals surface area contributed by atoms with Gasteiger partial charge in [-0.25, -0.2) is 0 Å². The van der Waals surface area contributed by atoms with Crippen LogP contribution in [-0.2, 0) is 9.59 Å². The minimum Gasteiger partial charge on any atom is -0.348 e. The van der Waals surface area contributed by atoms with Crippen LogP contribution in [0.4, 0.5) is 0 Å². The first-order chi connectivity index (χ1) is 7.50. The summed E-state index contributed by atoms with van der Waals surface area (Å²) in [5.41, 5.74) is 0. The van der Waals surface area contributed by atoms with Crippen LogP contribution >= 0.6 is 0 Å². The summed E-state index contributed by atoms with van der Waals surface area (Å²) in [4.78, 5) is 26.6. The molecule has 1 aliphatic rings. The minimum absolute atomic E-state index is 0.121. The Morgan fingerprint density at radius 1 is 1.31 bits per heavy atom. The number of carbonyl (C=O) groups is 2. The third-order valence-electron chi connectivity index (χ3n) is 3.11. The van der Waals surface area contributed by atoms with E-state index < -0.39 is 0 Å². The molecule has 1 fully saturated rings. The molecule has 0 aromatic heterocycles. The molecule has 1 amide bonds. The van der Waals surface area contributed by atoms with Crippen molar-refractivity contribution < 1.29 is 9.59 Å². The third-order valence-corrected chi connectivity index (χ3v) is 3.11. The van der Waals surface area contributed by atoms with Crippen LogP contribution in [0.3, 0.4) is 0 Å². The lowest BCUT2D eigenvalue weighted by atomic mass is 9.98. The van der Waals surface area contributed by atoms with Crippen molar-refractivity contribution in [1.82, 2.24) is 9.80 Å².